The molecule has 0 aromatic heterocycles. The molecule has 2 atom stereocenters. The predicted octanol–water partition coefficient (Wildman–Crippen LogP) is 0.377. The molecule has 0 fully saturated rings. The van der Waals surface area contributed by atoms with Gasteiger partial charge in [0, 0.05) is 6.42 Å². The van der Waals surface area contributed by atoms with Gasteiger partial charge in [-0.25, -0.2) is 8.78 Å². The Morgan fingerprint density at radius 1 is 1.16 bits per heavy atom. The fourth-order valence-electron chi connectivity index (χ4n) is 2.41. The number of nitrogens with zero attached hydrogens (tertiary/aromatic N) is 1. The fraction of sp³-hybridized carbons (Fsp3) is 0.750. The SMILES string of the molecule is CCN(C)C(C(=O)NC(CCC(F)F)C(=O)C(=O)NCC=O)C(C)C. The Hall–Kier alpha value is -1.90. The standard InChI is InChI=1S/C16H27F2N3O4/c1-5-21(4)13(10(2)3)15(24)20-11(6-7-12(17)18)14(23)16(25)19-8-9-22/h9-13H,5-8H2,1-4H3,(H,19,25)(H,20,24). The molecular weight excluding hydrogens is 336 g/mol. The van der Waals surface area contributed by atoms with E-state index >= 15 is 0 Å². The van der Waals surface area contributed by atoms with Crippen LogP contribution >= 0.6 is 0 Å². The Morgan fingerprint density at radius 3 is 2.20 bits per heavy atom. The molecule has 9 heteroatoms. The molecule has 7 nitrogen and oxygen atoms in total. The molecule has 0 aromatic carbocycles. The summed E-state index contributed by atoms with van der Waals surface area (Å²) in [6.45, 7) is 5.71. The van der Waals surface area contributed by atoms with Gasteiger partial charge in [-0.2, -0.15) is 0 Å². The second kappa shape index (κ2) is 11.6. The molecule has 0 radical (unpaired) electrons. The van der Waals surface area contributed by atoms with Crippen molar-refractivity contribution in [3.63, 3.8) is 0 Å². The smallest absolute Gasteiger partial charge is 0.289 e. The number of aldehydes is 1. The average molecular weight is 363 g/mol. The number of hydrogen-bond acceptors (Lipinski definition) is 5. The summed E-state index contributed by atoms with van der Waals surface area (Å²) in [5, 5.41) is 4.47. The van der Waals surface area contributed by atoms with Crippen molar-refractivity contribution in [3.8, 4) is 0 Å². The van der Waals surface area contributed by atoms with E-state index in [9.17, 15) is 28.0 Å². The Bertz CT molecular complexity index is 472. The fourth-order valence-corrected chi connectivity index (χ4v) is 2.41. The van der Waals surface area contributed by atoms with Crippen LogP contribution in [0.1, 0.15) is 33.6 Å². The first-order valence-corrected chi connectivity index (χ1v) is 8.20. The molecule has 2 unspecified atom stereocenters. The number of ketones is 1. The Labute approximate surface area is 146 Å². The number of rotatable bonds is 12. The van der Waals surface area contributed by atoms with Gasteiger partial charge in [0.2, 0.25) is 18.1 Å². The molecule has 0 saturated carbocycles. The maximum Gasteiger partial charge on any atom is 0.289 e. The highest BCUT2D eigenvalue weighted by atomic mass is 19.3. The van der Waals surface area contributed by atoms with Crippen LogP contribution < -0.4 is 10.6 Å². The van der Waals surface area contributed by atoms with Crippen molar-refractivity contribution in [1.82, 2.24) is 15.5 Å². The highest BCUT2D eigenvalue weighted by Gasteiger charge is 2.32. The molecule has 0 bridgehead atoms. The molecule has 0 spiro atoms. The molecule has 0 aromatic rings. The molecule has 2 amide bonds. The van der Waals surface area contributed by atoms with Crippen LogP contribution in [0.5, 0.6) is 0 Å². The summed E-state index contributed by atoms with van der Waals surface area (Å²) >= 11 is 0. The van der Waals surface area contributed by atoms with Crippen LogP contribution in [-0.4, -0.2) is 67.4 Å². The largest absolute Gasteiger partial charge is 0.344 e. The van der Waals surface area contributed by atoms with Crippen molar-refractivity contribution in [2.75, 3.05) is 20.1 Å². The van der Waals surface area contributed by atoms with E-state index in [1.54, 1.807) is 11.9 Å². The molecule has 0 heterocycles. The molecule has 2 N–H and O–H groups in total. The topological polar surface area (TPSA) is 95.6 Å². The Balaban J connectivity index is 5.19. The van der Waals surface area contributed by atoms with Gasteiger partial charge in [0.1, 0.15) is 6.29 Å². The van der Waals surface area contributed by atoms with Crippen LogP contribution in [-0.2, 0) is 19.2 Å². The van der Waals surface area contributed by atoms with E-state index in [0.29, 0.717) is 12.8 Å². The molecule has 144 valence electrons. The number of likely N-dealkylation sites (N-methyl/N-ethyl adjacent to an activating group) is 1. The Kier molecular flexibility index (Phi) is 10.7. The number of halogens is 2. The van der Waals surface area contributed by atoms with E-state index in [4.69, 9.17) is 0 Å². The van der Waals surface area contributed by atoms with Gasteiger partial charge in [-0.3, -0.25) is 19.3 Å². The van der Waals surface area contributed by atoms with Crippen molar-refractivity contribution in [1.29, 1.82) is 0 Å². The quantitative estimate of drug-likeness (QED) is 0.386. The average Bonchev–Trinajstić information content (AvgIpc) is 2.54. The summed E-state index contributed by atoms with van der Waals surface area (Å²) in [6.07, 6.45) is -3.27. The first-order valence-electron chi connectivity index (χ1n) is 8.20. The third-order valence-corrected chi connectivity index (χ3v) is 3.75. The van der Waals surface area contributed by atoms with Gasteiger partial charge in [-0.15, -0.1) is 0 Å². The summed E-state index contributed by atoms with van der Waals surface area (Å²) < 4.78 is 25.0. The van der Waals surface area contributed by atoms with Crippen LogP contribution in [0.2, 0.25) is 0 Å². The summed E-state index contributed by atoms with van der Waals surface area (Å²) in [7, 11) is 1.73. The summed E-state index contributed by atoms with van der Waals surface area (Å²) in [6, 6.07) is -1.93. The minimum absolute atomic E-state index is 0.0836. The molecule has 0 aliphatic carbocycles. The molecule has 0 aliphatic heterocycles. The normalized spacial score (nSPS) is 13.6. The summed E-state index contributed by atoms with van der Waals surface area (Å²) in [5.41, 5.74) is 0. The van der Waals surface area contributed by atoms with Crippen molar-refractivity contribution in [3.05, 3.63) is 0 Å². The van der Waals surface area contributed by atoms with Gasteiger partial charge in [0.05, 0.1) is 18.6 Å². The summed E-state index contributed by atoms with van der Waals surface area (Å²) in [4.78, 5) is 48.4. The van der Waals surface area contributed by atoms with E-state index in [1.807, 2.05) is 20.8 Å². The lowest BCUT2D eigenvalue weighted by molar-refractivity contribution is -0.141. The number of Topliss-reactive ketones (excluding diaryl/α,β-unsaturated/α-hetero) is 1. The van der Waals surface area contributed by atoms with Gasteiger partial charge in [0.15, 0.2) is 0 Å². The van der Waals surface area contributed by atoms with E-state index in [1.165, 1.54) is 0 Å². The van der Waals surface area contributed by atoms with Gasteiger partial charge in [-0.05, 0) is 25.9 Å². The maximum atomic E-state index is 12.5. The highest BCUT2D eigenvalue weighted by Crippen LogP contribution is 2.12. The zero-order chi connectivity index (χ0) is 19.6. The molecule has 25 heavy (non-hydrogen) atoms. The van der Waals surface area contributed by atoms with Gasteiger partial charge >= 0.3 is 0 Å². The maximum absolute atomic E-state index is 12.5. The minimum atomic E-state index is -2.66. The van der Waals surface area contributed by atoms with Crippen molar-refractivity contribution < 1.29 is 28.0 Å². The lowest BCUT2D eigenvalue weighted by Gasteiger charge is -2.30. The zero-order valence-electron chi connectivity index (χ0n) is 15.1. The third kappa shape index (κ3) is 8.15. The van der Waals surface area contributed by atoms with Crippen molar-refractivity contribution >= 4 is 23.9 Å². The Morgan fingerprint density at radius 2 is 1.76 bits per heavy atom. The number of amides is 2. The number of alkyl halides is 2. The zero-order valence-corrected chi connectivity index (χ0v) is 15.1. The van der Waals surface area contributed by atoms with Gasteiger partial charge < -0.3 is 15.4 Å². The van der Waals surface area contributed by atoms with Crippen LogP contribution in [0, 0.1) is 5.92 Å². The van der Waals surface area contributed by atoms with E-state index < -0.39 is 42.5 Å². The molecule has 0 aliphatic rings. The van der Waals surface area contributed by atoms with E-state index in [2.05, 4.69) is 10.6 Å². The molecule has 0 rings (SSSR count). The molecule has 0 saturated heterocycles. The van der Waals surface area contributed by atoms with Crippen LogP contribution in [0.15, 0.2) is 0 Å². The van der Waals surface area contributed by atoms with Crippen LogP contribution in [0.3, 0.4) is 0 Å². The first kappa shape index (κ1) is 23.1. The predicted molar refractivity (Wildman–Crippen MR) is 88.2 cm³/mol. The lowest BCUT2D eigenvalue weighted by Crippen LogP contribution is -2.54. The summed E-state index contributed by atoms with van der Waals surface area (Å²) in [5.74, 6) is -2.72. The van der Waals surface area contributed by atoms with Gasteiger partial charge in [-0.1, -0.05) is 20.8 Å². The lowest BCUT2D eigenvalue weighted by atomic mass is 10.00. The van der Waals surface area contributed by atoms with E-state index in [-0.39, 0.29) is 18.9 Å². The van der Waals surface area contributed by atoms with Crippen molar-refractivity contribution in [2.45, 2.75) is 52.1 Å². The second-order valence-corrected chi connectivity index (χ2v) is 6.03. The number of hydrogen-bond donors (Lipinski definition) is 2. The van der Waals surface area contributed by atoms with Gasteiger partial charge in [0.25, 0.3) is 5.91 Å². The second-order valence-electron chi connectivity index (χ2n) is 6.03. The third-order valence-electron chi connectivity index (χ3n) is 3.75. The minimum Gasteiger partial charge on any atom is -0.344 e. The monoisotopic (exact) mass is 363 g/mol. The van der Waals surface area contributed by atoms with E-state index in [0.717, 1.165) is 0 Å². The number of carbonyl (C=O) groups excluding carboxylic acids is 4. The van der Waals surface area contributed by atoms with Crippen LogP contribution in [0.4, 0.5) is 8.78 Å². The highest BCUT2D eigenvalue weighted by molar-refractivity contribution is 6.38. The van der Waals surface area contributed by atoms with Crippen molar-refractivity contribution in [2.24, 2.45) is 5.92 Å². The molecular formula is C16H27F2N3O4. The first-order chi connectivity index (χ1) is 11.6. The van der Waals surface area contributed by atoms with Crippen LogP contribution in [0.25, 0.3) is 0 Å². The number of nitrogens with one attached hydrogen (secondary N) is 2. The number of carbonyl (C=O) groups is 4.